The van der Waals surface area contributed by atoms with Crippen molar-refractivity contribution in [2.45, 2.75) is 10.9 Å². The highest BCUT2D eigenvalue weighted by Crippen LogP contribution is 2.46. The van der Waals surface area contributed by atoms with Crippen LogP contribution in [0.25, 0.3) is 22.2 Å². The number of halogens is 1. The van der Waals surface area contributed by atoms with Crippen molar-refractivity contribution in [1.82, 2.24) is 19.7 Å². The molecule has 10 heteroatoms. The summed E-state index contributed by atoms with van der Waals surface area (Å²) in [4.78, 5) is 30.1. The van der Waals surface area contributed by atoms with E-state index in [0.29, 0.717) is 5.56 Å². The molecule has 0 bridgehead atoms. The number of aromatic nitrogens is 1. The quantitative estimate of drug-likeness (QED) is 0.282. The zero-order chi connectivity index (χ0) is 28.7. The maximum atomic E-state index is 13.7. The van der Waals surface area contributed by atoms with Crippen LogP contribution in [-0.4, -0.2) is 36.2 Å². The van der Waals surface area contributed by atoms with Crippen molar-refractivity contribution >= 4 is 32.7 Å². The largest absolute Gasteiger partial charge is 0.343 e. The fourth-order valence-corrected chi connectivity index (χ4v) is 6.34. The highest BCUT2D eigenvalue weighted by molar-refractivity contribution is 7.89. The van der Waals surface area contributed by atoms with Crippen molar-refractivity contribution in [2.75, 3.05) is 6.54 Å². The Morgan fingerprint density at radius 1 is 0.878 bits per heavy atom. The monoisotopic (exact) mass is 568 g/mol. The second-order valence-corrected chi connectivity index (χ2v) is 11.4. The van der Waals surface area contributed by atoms with Gasteiger partial charge in [-0.1, -0.05) is 66.7 Å². The van der Waals surface area contributed by atoms with E-state index in [1.54, 1.807) is 12.1 Å². The van der Waals surface area contributed by atoms with Crippen LogP contribution in [0.15, 0.2) is 108 Å². The number of fused-ring (bicyclic) bond motifs is 2. The van der Waals surface area contributed by atoms with Crippen LogP contribution in [0.1, 0.15) is 27.5 Å². The maximum absolute atomic E-state index is 13.7. The van der Waals surface area contributed by atoms with E-state index in [9.17, 15) is 22.4 Å². The number of carbonyl (C=O) groups is 2. The topological polar surface area (TPSA) is 101 Å². The Morgan fingerprint density at radius 3 is 2.29 bits per heavy atom. The highest BCUT2D eigenvalue weighted by atomic mass is 32.2. The molecule has 1 aromatic heterocycles. The third kappa shape index (κ3) is 4.66. The fourth-order valence-electron chi connectivity index (χ4n) is 5.48. The molecule has 8 nitrogen and oxygen atoms in total. The van der Waals surface area contributed by atoms with Gasteiger partial charge >= 0.3 is 0 Å². The van der Waals surface area contributed by atoms with Crippen molar-refractivity contribution in [2.24, 2.45) is 7.05 Å². The highest BCUT2D eigenvalue weighted by Gasteiger charge is 2.41. The molecule has 1 aliphatic rings. The van der Waals surface area contributed by atoms with Gasteiger partial charge in [0.05, 0.1) is 16.6 Å². The van der Waals surface area contributed by atoms with E-state index in [4.69, 9.17) is 0 Å². The van der Waals surface area contributed by atoms with Crippen LogP contribution in [0.3, 0.4) is 0 Å². The summed E-state index contributed by atoms with van der Waals surface area (Å²) < 4.78 is 40.6. The molecule has 6 rings (SSSR count). The van der Waals surface area contributed by atoms with Gasteiger partial charge in [0.2, 0.25) is 0 Å². The minimum atomic E-state index is -4.16. The number of nitrogens with zero attached hydrogens (tertiary/aromatic N) is 2. The molecule has 0 radical (unpaired) electrons. The van der Waals surface area contributed by atoms with Crippen LogP contribution in [0.4, 0.5) is 4.39 Å². The normalized spacial score (nSPS) is 14.8. The van der Waals surface area contributed by atoms with Crippen molar-refractivity contribution in [3.05, 3.63) is 126 Å². The molecule has 1 unspecified atom stereocenters. The summed E-state index contributed by atoms with van der Waals surface area (Å²) in [5.41, 5.74) is 7.13. The van der Waals surface area contributed by atoms with Crippen LogP contribution in [0, 0.1) is 5.82 Å². The summed E-state index contributed by atoms with van der Waals surface area (Å²) in [6.07, 6.45) is 0. The number of hydrogen-bond donors (Lipinski definition) is 2. The molecule has 0 spiro atoms. The first-order valence-corrected chi connectivity index (χ1v) is 14.3. The molecule has 2 N–H and O–H groups in total. The van der Waals surface area contributed by atoms with Gasteiger partial charge in [-0.25, -0.2) is 12.8 Å². The number of sulfonamides is 1. The standard InChI is InChI=1S/C31H25FN4O4S/c1-35-26-14-8-7-13-25(26)28(29(35)20-9-3-2-4-10-20)30-23-11-5-6-12-24(23)31(38)36(30)19-27(37)33-34-41(39,40)22-17-15-21(32)16-18-22/h2-18,30,34H,19H2,1H3,(H,33,37). The van der Waals surface area contributed by atoms with E-state index in [1.807, 2.05) is 78.6 Å². The molecule has 1 atom stereocenters. The van der Waals surface area contributed by atoms with Gasteiger partial charge in [-0.05, 0) is 47.5 Å². The van der Waals surface area contributed by atoms with E-state index >= 15 is 0 Å². The average Bonchev–Trinajstić information content (AvgIpc) is 3.43. The predicted molar refractivity (Wildman–Crippen MR) is 153 cm³/mol. The Balaban J connectivity index is 1.39. The molecule has 0 fully saturated rings. The van der Waals surface area contributed by atoms with E-state index < -0.39 is 34.3 Å². The van der Waals surface area contributed by atoms with Crippen molar-refractivity contribution in [3.63, 3.8) is 0 Å². The summed E-state index contributed by atoms with van der Waals surface area (Å²) in [6, 6.07) is 28.5. The number of benzene rings is 4. The van der Waals surface area contributed by atoms with Gasteiger partial charge in [-0.2, -0.15) is 0 Å². The number of hydrogen-bond acceptors (Lipinski definition) is 4. The Morgan fingerprint density at radius 2 is 1.54 bits per heavy atom. The van der Waals surface area contributed by atoms with Crippen molar-refractivity contribution in [3.8, 4) is 11.3 Å². The third-order valence-corrected chi connectivity index (χ3v) is 8.55. The van der Waals surface area contributed by atoms with Crippen LogP contribution in [0.5, 0.6) is 0 Å². The SMILES string of the molecule is Cn1c(-c2ccccc2)c(C2c3ccccc3C(=O)N2CC(=O)NNS(=O)(=O)c2ccc(F)cc2)c2ccccc21. The molecule has 5 aromatic rings. The summed E-state index contributed by atoms with van der Waals surface area (Å²) in [6.45, 7) is -0.415. The lowest BCUT2D eigenvalue weighted by Gasteiger charge is -2.26. The van der Waals surface area contributed by atoms with Crippen molar-refractivity contribution < 1.29 is 22.4 Å². The maximum Gasteiger partial charge on any atom is 0.257 e. The first-order valence-electron chi connectivity index (χ1n) is 12.8. The summed E-state index contributed by atoms with van der Waals surface area (Å²) in [7, 11) is -2.19. The number of aryl methyl sites for hydroxylation is 1. The van der Waals surface area contributed by atoms with Crippen molar-refractivity contribution in [1.29, 1.82) is 0 Å². The van der Waals surface area contributed by atoms with E-state index in [-0.39, 0.29) is 10.8 Å². The second kappa shape index (κ2) is 10.3. The molecular weight excluding hydrogens is 543 g/mol. The molecule has 0 saturated carbocycles. The van der Waals surface area contributed by atoms with Crippen LogP contribution in [0.2, 0.25) is 0 Å². The lowest BCUT2D eigenvalue weighted by molar-refractivity contribution is -0.122. The second-order valence-electron chi connectivity index (χ2n) is 9.73. The molecule has 206 valence electrons. The fraction of sp³-hybridized carbons (Fsp3) is 0.0968. The van der Waals surface area contributed by atoms with Crippen LogP contribution in [-0.2, 0) is 21.9 Å². The molecule has 0 aliphatic carbocycles. The Labute approximate surface area is 236 Å². The van der Waals surface area contributed by atoms with Gasteiger partial charge in [0.25, 0.3) is 21.8 Å². The van der Waals surface area contributed by atoms with Gasteiger partial charge in [-0.3, -0.25) is 15.0 Å². The molecular formula is C31H25FN4O4S. The Kier molecular flexibility index (Phi) is 6.64. The van der Waals surface area contributed by atoms with Gasteiger partial charge in [0.15, 0.2) is 0 Å². The number of carbonyl (C=O) groups excluding carboxylic acids is 2. The third-order valence-electron chi connectivity index (χ3n) is 7.29. The number of rotatable bonds is 7. The molecule has 1 aliphatic heterocycles. The molecule has 2 amide bonds. The van der Waals surface area contributed by atoms with Crippen LogP contribution >= 0.6 is 0 Å². The number of nitrogens with one attached hydrogen (secondary N) is 2. The van der Waals surface area contributed by atoms with Gasteiger partial charge in [-0.15, -0.1) is 4.83 Å². The van der Waals surface area contributed by atoms with E-state index in [2.05, 4.69) is 9.99 Å². The zero-order valence-corrected chi connectivity index (χ0v) is 22.7. The van der Waals surface area contributed by atoms with Crippen LogP contribution < -0.4 is 10.3 Å². The van der Waals surface area contributed by atoms with E-state index in [0.717, 1.165) is 57.6 Å². The molecule has 2 heterocycles. The number of hydrazine groups is 1. The lowest BCUT2D eigenvalue weighted by atomic mass is 9.93. The smallest absolute Gasteiger partial charge is 0.257 e. The summed E-state index contributed by atoms with van der Waals surface area (Å²) in [5.74, 6) is -1.66. The Hall–Kier alpha value is -4.80. The zero-order valence-electron chi connectivity index (χ0n) is 21.9. The van der Waals surface area contributed by atoms with Gasteiger partial charge in [0.1, 0.15) is 12.4 Å². The van der Waals surface area contributed by atoms with Gasteiger partial charge < -0.3 is 9.47 Å². The van der Waals surface area contributed by atoms with E-state index in [1.165, 1.54) is 4.90 Å². The first kappa shape index (κ1) is 26.4. The van der Waals surface area contributed by atoms with Gasteiger partial charge in [0, 0.05) is 29.1 Å². The molecule has 4 aromatic carbocycles. The lowest BCUT2D eigenvalue weighted by Crippen LogP contribution is -2.47. The Bertz CT molecular complexity index is 1900. The predicted octanol–water partition coefficient (Wildman–Crippen LogP) is 4.54. The minimum Gasteiger partial charge on any atom is -0.343 e. The molecule has 41 heavy (non-hydrogen) atoms. The summed E-state index contributed by atoms with van der Waals surface area (Å²) in [5, 5.41) is 0.936. The average molecular weight is 569 g/mol. The molecule has 0 saturated heterocycles. The number of amides is 2. The first-order chi connectivity index (χ1) is 19.8. The summed E-state index contributed by atoms with van der Waals surface area (Å²) >= 11 is 0. The number of para-hydroxylation sites is 1. The minimum absolute atomic E-state index is 0.218.